The maximum absolute atomic E-state index is 14.2. The van der Waals surface area contributed by atoms with Crippen LogP contribution in [0, 0.1) is 18.6 Å². The molecule has 1 saturated heterocycles. The second-order valence-corrected chi connectivity index (χ2v) is 6.53. The molecule has 110 valence electrons. The Kier molecular flexibility index (Phi) is 4.13. The topological polar surface area (TPSA) is 25.8 Å². The van der Waals surface area contributed by atoms with Crippen LogP contribution in [-0.2, 0) is 0 Å². The van der Waals surface area contributed by atoms with Crippen molar-refractivity contribution in [2.24, 2.45) is 0 Å². The van der Waals surface area contributed by atoms with Gasteiger partial charge in [-0.05, 0) is 42.7 Å². The van der Waals surface area contributed by atoms with Crippen LogP contribution in [0.25, 0.3) is 11.1 Å². The highest BCUT2D eigenvalue weighted by atomic mass is 35.5. The highest BCUT2D eigenvalue weighted by molar-refractivity contribution is 7.99. The summed E-state index contributed by atoms with van der Waals surface area (Å²) >= 11 is 7.97. The standard InChI is InChI=1S/C15H13ClF2N2S/c1-8-12(9-5-6-21-7-9)14(15(16)20-19-8)13-10(17)3-2-4-11(13)18/h2-4,9H,5-7H2,1H3. The van der Waals surface area contributed by atoms with Crippen molar-refractivity contribution in [2.45, 2.75) is 19.3 Å². The van der Waals surface area contributed by atoms with Crippen molar-refractivity contribution in [3.63, 3.8) is 0 Å². The Morgan fingerprint density at radius 2 is 1.90 bits per heavy atom. The Labute approximate surface area is 130 Å². The SMILES string of the molecule is Cc1nnc(Cl)c(-c2c(F)cccc2F)c1C1CCSC1. The maximum Gasteiger partial charge on any atom is 0.160 e. The molecule has 1 aliphatic heterocycles. The first-order valence-electron chi connectivity index (χ1n) is 6.64. The first-order chi connectivity index (χ1) is 10.1. The summed E-state index contributed by atoms with van der Waals surface area (Å²) in [4.78, 5) is 0. The van der Waals surface area contributed by atoms with E-state index in [1.165, 1.54) is 18.2 Å². The molecule has 2 nitrogen and oxygen atoms in total. The molecule has 0 spiro atoms. The zero-order valence-corrected chi connectivity index (χ0v) is 12.9. The number of aromatic nitrogens is 2. The van der Waals surface area contributed by atoms with Gasteiger partial charge < -0.3 is 0 Å². The monoisotopic (exact) mass is 326 g/mol. The maximum atomic E-state index is 14.2. The molecule has 0 saturated carbocycles. The number of halogens is 3. The van der Waals surface area contributed by atoms with Gasteiger partial charge in [0.05, 0.1) is 11.3 Å². The number of aryl methyl sites for hydroxylation is 1. The van der Waals surface area contributed by atoms with Crippen molar-refractivity contribution in [3.8, 4) is 11.1 Å². The largest absolute Gasteiger partial charge is 0.206 e. The first-order valence-corrected chi connectivity index (χ1v) is 8.17. The number of nitrogens with zero attached hydrogens (tertiary/aromatic N) is 2. The van der Waals surface area contributed by atoms with Crippen molar-refractivity contribution in [1.29, 1.82) is 0 Å². The average Bonchev–Trinajstić information content (AvgIpc) is 2.96. The summed E-state index contributed by atoms with van der Waals surface area (Å²) in [6.07, 6.45) is 0.955. The van der Waals surface area contributed by atoms with E-state index >= 15 is 0 Å². The molecule has 1 fully saturated rings. The molecule has 1 aromatic heterocycles. The van der Waals surface area contributed by atoms with E-state index < -0.39 is 11.6 Å². The van der Waals surface area contributed by atoms with Gasteiger partial charge in [-0.25, -0.2) is 8.78 Å². The normalized spacial score (nSPS) is 18.2. The van der Waals surface area contributed by atoms with Crippen LogP contribution < -0.4 is 0 Å². The fourth-order valence-electron chi connectivity index (χ4n) is 2.75. The highest BCUT2D eigenvalue weighted by Crippen LogP contribution is 2.42. The second-order valence-electron chi connectivity index (χ2n) is 5.02. The van der Waals surface area contributed by atoms with E-state index in [1.807, 2.05) is 18.7 Å². The molecule has 1 unspecified atom stereocenters. The van der Waals surface area contributed by atoms with Gasteiger partial charge >= 0.3 is 0 Å². The van der Waals surface area contributed by atoms with Gasteiger partial charge in [0.1, 0.15) is 11.6 Å². The second kappa shape index (κ2) is 5.89. The van der Waals surface area contributed by atoms with E-state index in [0.29, 0.717) is 11.3 Å². The quantitative estimate of drug-likeness (QED) is 0.806. The third-order valence-electron chi connectivity index (χ3n) is 3.70. The van der Waals surface area contributed by atoms with Crippen molar-refractivity contribution in [2.75, 3.05) is 11.5 Å². The van der Waals surface area contributed by atoms with Crippen molar-refractivity contribution >= 4 is 23.4 Å². The van der Waals surface area contributed by atoms with E-state index in [1.54, 1.807) is 0 Å². The van der Waals surface area contributed by atoms with Crippen LogP contribution in [-0.4, -0.2) is 21.7 Å². The summed E-state index contributed by atoms with van der Waals surface area (Å²) in [6.45, 7) is 1.81. The average molecular weight is 327 g/mol. The molecular formula is C15H13ClF2N2S. The molecule has 1 aromatic carbocycles. The predicted octanol–water partition coefficient (Wildman–Crippen LogP) is 4.60. The van der Waals surface area contributed by atoms with Gasteiger partial charge in [0.2, 0.25) is 0 Å². The van der Waals surface area contributed by atoms with E-state index in [-0.39, 0.29) is 16.6 Å². The Balaban J connectivity index is 2.28. The molecule has 1 aliphatic rings. The molecule has 2 heterocycles. The van der Waals surface area contributed by atoms with Crippen LogP contribution in [0.3, 0.4) is 0 Å². The fourth-order valence-corrected chi connectivity index (χ4v) is 4.22. The van der Waals surface area contributed by atoms with Crippen molar-refractivity contribution < 1.29 is 8.78 Å². The summed E-state index contributed by atoms with van der Waals surface area (Å²) in [5.41, 5.74) is 1.76. The van der Waals surface area contributed by atoms with E-state index in [2.05, 4.69) is 10.2 Å². The number of hydrogen-bond donors (Lipinski definition) is 0. The Morgan fingerprint density at radius 3 is 2.52 bits per heavy atom. The first kappa shape index (κ1) is 14.7. The van der Waals surface area contributed by atoms with Crippen LogP contribution in [0.4, 0.5) is 8.78 Å². The van der Waals surface area contributed by atoms with E-state index in [0.717, 1.165) is 23.5 Å². The molecule has 6 heteroatoms. The number of rotatable bonds is 2. The fraction of sp³-hybridized carbons (Fsp3) is 0.333. The summed E-state index contributed by atoms with van der Waals surface area (Å²) in [5.74, 6) is 0.888. The van der Waals surface area contributed by atoms with Gasteiger partial charge in [0.15, 0.2) is 5.15 Å². The zero-order chi connectivity index (χ0) is 15.0. The number of benzene rings is 1. The number of thioether (sulfide) groups is 1. The lowest BCUT2D eigenvalue weighted by Crippen LogP contribution is -2.08. The van der Waals surface area contributed by atoms with Crippen molar-refractivity contribution in [1.82, 2.24) is 10.2 Å². The molecular weight excluding hydrogens is 314 g/mol. The number of hydrogen-bond acceptors (Lipinski definition) is 3. The van der Waals surface area contributed by atoms with Crippen LogP contribution in [0.15, 0.2) is 18.2 Å². The summed E-state index contributed by atoms with van der Waals surface area (Å²) in [7, 11) is 0. The van der Waals surface area contributed by atoms with Crippen LogP contribution in [0.1, 0.15) is 23.6 Å². The minimum atomic E-state index is -0.629. The van der Waals surface area contributed by atoms with Crippen LogP contribution in [0.2, 0.25) is 5.15 Å². The third kappa shape index (κ3) is 2.64. The molecule has 1 atom stereocenters. The minimum Gasteiger partial charge on any atom is -0.206 e. The molecule has 0 N–H and O–H groups in total. The zero-order valence-electron chi connectivity index (χ0n) is 11.4. The molecule has 3 rings (SSSR count). The summed E-state index contributed by atoms with van der Waals surface area (Å²) in [5, 5.41) is 7.93. The molecule has 21 heavy (non-hydrogen) atoms. The van der Waals surface area contributed by atoms with E-state index in [9.17, 15) is 8.78 Å². The van der Waals surface area contributed by atoms with Gasteiger partial charge in [-0.2, -0.15) is 16.9 Å². The Bertz CT molecular complexity index is 667. The predicted molar refractivity (Wildman–Crippen MR) is 81.8 cm³/mol. The minimum absolute atomic E-state index is 0.0523. The molecule has 0 bridgehead atoms. The van der Waals surface area contributed by atoms with E-state index in [4.69, 9.17) is 11.6 Å². The summed E-state index contributed by atoms with van der Waals surface area (Å²) < 4.78 is 28.3. The van der Waals surface area contributed by atoms with Crippen LogP contribution >= 0.6 is 23.4 Å². The van der Waals surface area contributed by atoms with Crippen LogP contribution in [0.5, 0.6) is 0 Å². The highest BCUT2D eigenvalue weighted by Gasteiger charge is 2.28. The molecule has 0 radical (unpaired) electrons. The third-order valence-corrected chi connectivity index (χ3v) is 5.13. The molecule has 0 aliphatic carbocycles. The molecule has 0 amide bonds. The van der Waals surface area contributed by atoms with Crippen molar-refractivity contribution in [3.05, 3.63) is 46.2 Å². The Morgan fingerprint density at radius 1 is 1.19 bits per heavy atom. The van der Waals surface area contributed by atoms with Gasteiger partial charge in [-0.3, -0.25) is 0 Å². The van der Waals surface area contributed by atoms with Gasteiger partial charge in [0, 0.05) is 11.3 Å². The summed E-state index contributed by atoms with van der Waals surface area (Å²) in [6, 6.07) is 3.81. The Hall–Kier alpha value is -1.20. The lowest BCUT2D eigenvalue weighted by molar-refractivity contribution is 0.588. The van der Waals surface area contributed by atoms with Gasteiger partial charge in [-0.15, -0.1) is 5.10 Å². The lowest BCUT2D eigenvalue weighted by atomic mass is 9.90. The smallest absolute Gasteiger partial charge is 0.160 e. The lowest BCUT2D eigenvalue weighted by Gasteiger charge is -2.18. The molecule has 2 aromatic rings. The van der Waals surface area contributed by atoms with Gasteiger partial charge in [0.25, 0.3) is 0 Å². The van der Waals surface area contributed by atoms with Gasteiger partial charge in [-0.1, -0.05) is 17.7 Å².